The Morgan fingerprint density at radius 1 is 1.24 bits per heavy atom. The molecule has 1 aromatic carbocycles. The molecule has 1 aliphatic heterocycles. The zero-order chi connectivity index (χ0) is 15.2. The number of carbonyl (C=O) groups is 1. The summed E-state index contributed by atoms with van der Waals surface area (Å²) in [5.41, 5.74) is 0.756. The summed E-state index contributed by atoms with van der Waals surface area (Å²) in [6, 6.07) is 7.44. The highest BCUT2D eigenvalue weighted by Crippen LogP contribution is 2.13. The third kappa shape index (κ3) is 4.83. The largest absolute Gasteiger partial charge is 0.488 e. The third-order valence-electron chi connectivity index (χ3n) is 3.84. The first-order chi connectivity index (χ1) is 10.1. The first-order valence-electron chi connectivity index (χ1n) is 7.83. The van der Waals surface area contributed by atoms with Crippen LogP contribution in [0.5, 0.6) is 5.75 Å². The number of carbonyl (C=O) groups excluding carboxylic acids is 1. The van der Waals surface area contributed by atoms with E-state index < -0.39 is 0 Å². The number of nitrogens with one attached hydrogen (secondary N) is 1. The van der Waals surface area contributed by atoms with Crippen molar-refractivity contribution in [3.63, 3.8) is 0 Å². The summed E-state index contributed by atoms with van der Waals surface area (Å²) in [6.07, 6.45) is 1.18. The van der Waals surface area contributed by atoms with E-state index in [1.807, 2.05) is 31.2 Å². The summed E-state index contributed by atoms with van der Waals surface area (Å²) in [7, 11) is 0. The van der Waals surface area contributed by atoms with E-state index in [0.717, 1.165) is 30.9 Å². The van der Waals surface area contributed by atoms with Gasteiger partial charge in [-0.05, 0) is 38.1 Å². The fourth-order valence-electron chi connectivity index (χ4n) is 2.85. The number of rotatable bonds is 6. The zero-order valence-corrected chi connectivity index (χ0v) is 13.2. The zero-order valence-electron chi connectivity index (χ0n) is 13.2. The van der Waals surface area contributed by atoms with Gasteiger partial charge in [-0.15, -0.1) is 0 Å². The molecule has 0 amide bonds. The molecule has 0 saturated carbocycles. The fourth-order valence-corrected chi connectivity index (χ4v) is 2.85. The SMILES string of the molecule is CCC(=O)c1ccc(OCC[NH+]2C[C@@H](C)O[C@@H](C)C2)cc1. The van der Waals surface area contributed by atoms with Crippen LogP contribution in [0.2, 0.25) is 0 Å². The number of hydrogen-bond donors (Lipinski definition) is 1. The van der Waals surface area contributed by atoms with E-state index in [2.05, 4.69) is 13.8 Å². The van der Waals surface area contributed by atoms with Crippen molar-refractivity contribution in [1.29, 1.82) is 0 Å². The van der Waals surface area contributed by atoms with Gasteiger partial charge in [-0.2, -0.15) is 0 Å². The highest BCUT2D eigenvalue weighted by molar-refractivity contribution is 5.95. The van der Waals surface area contributed by atoms with Gasteiger partial charge in [0.15, 0.2) is 5.78 Å². The van der Waals surface area contributed by atoms with Gasteiger partial charge in [-0.25, -0.2) is 0 Å². The molecule has 4 nitrogen and oxygen atoms in total. The minimum Gasteiger partial charge on any atom is -0.488 e. The van der Waals surface area contributed by atoms with Crippen molar-refractivity contribution in [3.8, 4) is 5.75 Å². The van der Waals surface area contributed by atoms with E-state index in [0.29, 0.717) is 25.2 Å². The van der Waals surface area contributed by atoms with Crippen molar-refractivity contribution in [2.45, 2.75) is 39.4 Å². The van der Waals surface area contributed by atoms with Crippen LogP contribution in [-0.2, 0) is 4.74 Å². The number of Topliss-reactive ketones (excluding diaryl/α,β-unsaturated/α-hetero) is 1. The van der Waals surface area contributed by atoms with Gasteiger partial charge in [0.05, 0.1) is 0 Å². The van der Waals surface area contributed by atoms with E-state index in [4.69, 9.17) is 9.47 Å². The normalized spacial score (nSPS) is 25.6. The molecular formula is C17H26NO3+. The van der Waals surface area contributed by atoms with E-state index >= 15 is 0 Å². The maximum absolute atomic E-state index is 11.6. The summed E-state index contributed by atoms with van der Waals surface area (Å²) < 4.78 is 11.5. The quantitative estimate of drug-likeness (QED) is 0.805. The molecular weight excluding hydrogens is 266 g/mol. The Morgan fingerprint density at radius 3 is 2.43 bits per heavy atom. The lowest BCUT2D eigenvalue weighted by molar-refractivity contribution is -0.915. The molecule has 1 unspecified atom stereocenters. The van der Waals surface area contributed by atoms with E-state index in [9.17, 15) is 4.79 Å². The Morgan fingerprint density at radius 2 is 1.86 bits per heavy atom. The van der Waals surface area contributed by atoms with Crippen molar-refractivity contribution in [3.05, 3.63) is 29.8 Å². The Hall–Kier alpha value is -1.39. The fraction of sp³-hybridized carbons (Fsp3) is 0.588. The number of quaternary nitrogens is 1. The smallest absolute Gasteiger partial charge is 0.162 e. The molecule has 0 spiro atoms. The van der Waals surface area contributed by atoms with Crippen LogP contribution < -0.4 is 9.64 Å². The van der Waals surface area contributed by atoms with Crippen LogP contribution in [0.15, 0.2) is 24.3 Å². The molecule has 1 aromatic rings. The summed E-state index contributed by atoms with van der Waals surface area (Å²) in [4.78, 5) is 13.1. The Kier molecular flexibility index (Phi) is 5.76. The molecule has 3 atom stereocenters. The highest BCUT2D eigenvalue weighted by Gasteiger charge is 2.25. The monoisotopic (exact) mass is 292 g/mol. The van der Waals surface area contributed by atoms with Crippen LogP contribution in [0, 0.1) is 0 Å². The topological polar surface area (TPSA) is 40.0 Å². The average Bonchev–Trinajstić information content (AvgIpc) is 2.46. The second-order valence-electron chi connectivity index (χ2n) is 5.82. The molecule has 21 heavy (non-hydrogen) atoms. The summed E-state index contributed by atoms with van der Waals surface area (Å²) in [5, 5.41) is 0. The molecule has 4 heteroatoms. The van der Waals surface area contributed by atoms with Crippen molar-refractivity contribution in [2.24, 2.45) is 0 Å². The maximum atomic E-state index is 11.6. The Labute approximate surface area is 127 Å². The number of morpholine rings is 1. The molecule has 2 rings (SSSR count). The van der Waals surface area contributed by atoms with Crippen molar-refractivity contribution in [2.75, 3.05) is 26.2 Å². The van der Waals surface area contributed by atoms with Gasteiger partial charge in [-0.1, -0.05) is 6.92 Å². The van der Waals surface area contributed by atoms with Crippen LogP contribution in [0.3, 0.4) is 0 Å². The van der Waals surface area contributed by atoms with Crippen LogP contribution >= 0.6 is 0 Å². The predicted molar refractivity (Wildman–Crippen MR) is 82.1 cm³/mol. The first kappa shape index (κ1) is 16.0. The number of hydrogen-bond acceptors (Lipinski definition) is 3. The van der Waals surface area contributed by atoms with Crippen molar-refractivity contribution < 1.29 is 19.2 Å². The summed E-state index contributed by atoms with van der Waals surface area (Å²) in [6.45, 7) is 9.87. The van der Waals surface area contributed by atoms with Gasteiger partial charge in [-0.3, -0.25) is 4.79 Å². The van der Waals surface area contributed by atoms with Gasteiger partial charge in [0.1, 0.15) is 44.2 Å². The summed E-state index contributed by atoms with van der Waals surface area (Å²) >= 11 is 0. The molecule has 0 bridgehead atoms. The van der Waals surface area contributed by atoms with E-state index in [1.165, 1.54) is 4.90 Å². The lowest BCUT2D eigenvalue weighted by Crippen LogP contribution is -3.16. The standard InChI is InChI=1S/C17H25NO3/c1-4-17(19)15-5-7-16(8-6-15)20-10-9-18-11-13(2)21-14(3)12-18/h5-8,13-14H,4,9-12H2,1-3H3/p+1/t13-,14+. The Balaban J connectivity index is 1.77. The van der Waals surface area contributed by atoms with Gasteiger partial charge >= 0.3 is 0 Å². The van der Waals surface area contributed by atoms with Crippen LogP contribution in [0.4, 0.5) is 0 Å². The van der Waals surface area contributed by atoms with E-state index in [1.54, 1.807) is 0 Å². The molecule has 0 aromatic heterocycles. The molecule has 1 heterocycles. The molecule has 1 saturated heterocycles. The molecule has 1 aliphatic rings. The Bertz CT molecular complexity index is 448. The van der Waals surface area contributed by atoms with Crippen molar-refractivity contribution in [1.82, 2.24) is 0 Å². The summed E-state index contributed by atoms with van der Waals surface area (Å²) in [5.74, 6) is 0.999. The highest BCUT2D eigenvalue weighted by atomic mass is 16.5. The molecule has 116 valence electrons. The molecule has 0 radical (unpaired) electrons. The van der Waals surface area contributed by atoms with Gasteiger partial charge in [0.25, 0.3) is 0 Å². The van der Waals surface area contributed by atoms with Crippen LogP contribution in [-0.4, -0.2) is 44.2 Å². The van der Waals surface area contributed by atoms with Crippen LogP contribution in [0.25, 0.3) is 0 Å². The van der Waals surface area contributed by atoms with Crippen molar-refractivity contribution >= 4 is 5.78 Å². The average molecular weight is 292 g/mol. The lowest BCUT2D eigenvalue weighted by Gasteiger charge is -2.32. The minimum absolute atomic E-state index is 0.169. The second kappa shape index (κ2) is 7.57. The molecule has 1 N–H and O–H groups in total. The molecule has 1 fully saturated rings. The van der Waals surface area contributed by atoms with E-state index in [-0.39, 0.29) is 5.78 Å². The van der Waals surface area contributed by atoms with Gasteiger partial charge < -0.3 is 14.4 Å². The predicted octanol–water partition coefficient (Wildman–Crippen LogP) is 1.35. The minimum atomic E-state index is 0.169. The lowest BCUT2D eigenvalue weighted by atomic mass is 10.1. The second-order valence-corrected chi connectivity index (χ2v) is 5.82. The van der Waals surface area contributed by atoms with Crippen LogP contribution in [0.1, 0.15) is 37.6 Å². The van der Waals surface area contributed by atoms with Gasteiger partial charge in [0, 0.05) is 12.0 Å². The first-order valence-corrected chi connectivity index (χ1v) is 7.83. The number of benzene rings is 1. The molecule has 0 aliphatic carbocycles. The number of ether oxygens (including phenoxy) is 2. The number of ketones is 1. The third-order valence-corrected chi connectivity index (χ3v) is 3.84. The maximum Gasteiger partial charge on any atom is 0.162 e. The van der Waals surface area contributed by atoms with Gasteiger partial charge in [0.2, 0.25) is 0 Å².